The molecule has 9 heteroatoms. The van der Waals surface area contributed by atoms with Gasteiger partial charge in [0.25, 0.3) is 5.91 Å². The molecule has 2 heterocycles. The van der Waals surface area contributed by atoms with E-state index < -0.39 is 23.8 Å². The first-order chi connectivity index (χ1) is 14.0. The summed E-state index contributed by atoms with van der Waals surface area (Å²) < 4.78 is 15.7. The fourth-order valence-corrected chi connectivity index (χ4v) is 3.09. The Kier molecular flexibility index (Phi) is 4.55. The molecule has 4 rings (SSSR count). The van der Waals surface area contributed by atoms with Crippen molar-refractivity contribution in [3.63, 3.8) is 0 Å². The van der Waals surface area contributed by atoms with Gasteiger partial charge in [0, 0.05) is 17.5 Å². The molecule has 148 valence electrons. The van der Waals surface area contributed by atoms with Crippen LogP contribution in [0.3, 0.4) is 0 Å². The van der Waals surface area contributed by atoms with Gasteiger partial charge in [0.05, 0.1) is 12.8 Å². The molecule has 1 atom stereocenters. The topological polar surface area (TPSA) is 106 Å². The smallest absolute Gasteiger partial charge is 0.335 e. The molecule has 0 unspecified atom stereocenters. The van der Waals surface area contributed by atoms with E-state index in [1.807, 2.05) is 0 Å². The van der Waals surface area contributed by atoms with Gasteiger partial charge in [0.2, 0.25) is 12.7 Å². The molecule has 0 radical (unpaired) electrons. The lowest BCUT2D eigenvalue weighted by molar-refractivity contribution is -0.132. The van der Waals surface area contributed by atoms with E-state index in [0.717, 1.165) is 4.90 Å². The first-order valence-corrected chi connectivity index (χ1v) is 8.66. The van der Waals surface area contributed by atoms with E-state index in [9.17, 15) is 14.4 Å². The van der Waals surface area contributed by atoms with Gasteiger partial charge in [-0.3, -0.25) is 14.9 Å². The Bertz CT molecular complexity index is 1020. The van der Waals surface area contributed by atoms with E-state index in [1.54, 1.807) is 42.5 Å². The van der Waals surface area contributed by atoms with Crippen molar-refractivity contribution >= 4 is 29.2 Å². The van der Waals surface area contributed by atoms with Crippen LogP contribution in [0.1, 0.15) is 0 Å². The minimum Gasteiger partial charge on any atom is -0.497 e. The summed E-state index contributed by atoms with van der Waals surface area (Å²) in [5.41, 5.74) is 0.992. The number of rotatable bonds is 5. The third-order valence-corrected chi connectivity index (χ3v) is 4.52. The number of imide groups is 2. The van der Waals surface area contributed by atoms with Gasteiger partial charge in [-0.15, -0.1) is 0 Å². The third kappa shape index (κ3) is 3.33. The third-order valence-electron chi connectivity index (χ3n) is 4.52. The van der Waals surface area contributed by atoms with Crippen molar-refractivity contribution in [3.8, 4) is 17.2 Å². The van der Waals surface area contributed by atoms with Crippen molar-refractivity contribution in [2.45, 2.75) is 0 Å². The number of nitrogens with one attached hydrogen (secondary N) is 2. The number of nitrogens with zero attached hydrogens (tertiary/aromatic N) is 1. The molecule has 1 saturated heterocycles. The maximum Gasteiger partial charge on any atom is 0.335 e. The van der Waals surface area contributed by atoms with Gasteiger partial charge in [-0.25, -0.2) is 9.69 Å². The van der Waals surface area contributed by atoms with Crippen LogP contribution in [0.4, 0.5) is 16.2 Å². The number of hydrogen-bond donors (Lipinski definition) is 2. The van der Waals surface area contributed by atoms with Crippen molar-refractivity contribution in [1.29, 1.82) is 0 Å². The Hall–Kier alpha value is -4.01. The average Bonchev–Trinajstić information content (AvgIpc) is 3.16. The zero-order valence-corrected chi connectivity index (χ0v) is 15.4. The Morgan fingerprint density at radius 2 is 1.86 bits per heavy atom. The monoisotopic (exact) mass is 395 g/mol. The Morgan fingerprint density at radius 1 is 1.14 bits per heavy atom. The highest BCUT2D eigenvalue weighted by Crippen LogP contribution is 2.35. The summed E-state index contributed by atoms with van der Waals surface area (Å²) in [7, 11) is 1.51. The number of carbonyl (C=O) groups excluding carboxylic acids is 3. The van der Waals surface area contributed by atoms with Gasteiger partial charge >= 0.3 is 6.03 Å². The summed E-state index contributed by atoms with van der Waals surface area (Å²) in [5, 5.41) is 5.13. The molecule has 1 fully saturated rings. The number of amides is 4. The van der Waals surface area contributed by atoms with Crippen LogP contribution in [0.15, 0.2) is 54.7 Å². The predicted octanol–water partition coefficient (Wildman–Crippen LogP) is 2.25. The van der Waals surface area contributed by atoms with Gasteiger partial charge < -0.3 is 19.5 Å². The van der Waals surface area contributed by atoms with E-state index in [-0.39, 0.29) is 12.5 Å². The minimum atomic E-state index is -1.29. The number of hydrogen-bond acceptors (Lipinski definition) is 7. The minimum absolute atomic E-state index is 0.123. The lowest BCUT2D eigenvalue weighted by atomic mass is 10.0. The van der Waals surface area contributed by atoms with Gasteiger partial charge in [-0.1, -0.05) is 6.58 Å². The van der Waals surface area contributed by atoms with E-state index in [0.29, 0.717) is 28.6 Å². The molecule has 4 amide bonds. The highest BCUT2D eigenvalue weighted by molar-refractivity contribution is 6.28. The maximum absolute atomic E-state index is 13.0. The first-order valence-electron chi connectivity index (χ1n) is 8.66. The molecule has 2 aromatic rings. The zero-order valence-electron chi connectivity index (χ0n) is 15.4. The number of fused-ring (bicyclic) bond motifs is 1. The van der Waals surface area contributed by atoms with E-state index in [2.05, 4.69) is 17.2 Å². The van der Waals surface area contributed by atoms with Crippen LogP contribution in [0, 0.1) is 5.92 Å². The molecule has 2 aliphatic heterocycles. The van der Waals surface area contributed by atoms with E-state index >= 15 is 0 Å². The highest BCUT2D eigenvalue weighted by atomic mass is 16.7. The van der Waals surface area contributed by atoms with Crippen molar-refractivity contribution in [3.05, 3.63) is 54.7 Å². The number of methoxy groups -OCH3 is 1. The molecular formula is C20H17N3O6. The second-order valence-electron chi connectivity index (χ2n) is 6.32. The molecule has 0 spiro atoms. The quantitative estimate of drug-likeness (QED) is 0.748. The lowest BCUT2D eigenvalue weighted by Gasteiger charge is -2.31. The number of benzene rings is 2. The summed E-state index contributed by atoms with van der Waals surface area (Å²) in [6.07, 6.45) is 0. The van der Waals surface area contributed by atoms with Crippen LogP contribution in [-0.4, -0.2) is 31.7 Å². The first kappa shape index (κ1) is 18.4. The normalized spacial score (nSPS) is 17.8. The fraction of sp³-hybridized carbons (Fsp3) is 0.150. The molecule has 0 saturated carbocycles. The van der Waals surface area contributed by atoms with Crippen LogP contribution in [0.5, 0.6) is 17.2 Å². The molecular weight excluding hydrogens is 378 g/mol. The zero-order chi connectivity index (χ0) is 20.5. The highest BCUT2D eigenvalue weighted by Gasteiger charge is 2.43. The summed E-state index contributed by atoms with van der Waals surface area (Å²) in [6, 6.07) is 10.6. The number of anilines is 2. The maximum atomic E-state index is 13.0. The van der Waals surface area contributed by atoms with Crippen LogP contribution in [-0.2, 0) is 9.59 Å². The van der Waals surface area contributed by atoms with Crippen molar-refractivity contribution < 1.29 is 28.6 Å². The summed E-state index contributed by atoms with van der Waals surface area (Å²) in [4.78, 5) is 38.5. The summed E-state index contributed by atoms with van der Waals surface area (Å²) in [6.45, 7) is 3.95. The molecule has 2 aromatic carbocycles. The molecule has 29 heavy (non-hydrogen) atoms. The van der Waals surface area contributed by atoms with Gasteiger partial charge in [-0.2, -0.15) is 0 Å². The number of carbonyl (C=O) groups is 3. The number of ether oxygens (including phenoxy) is 3. The fourth-order valence-electron chi connectivity index (χ4n) is 3.09. The Labute approximate surface area is 165 Å². The molecule has 0 bridgehead atoms. The van der Waals surface area contributed by atoms with Gasteiger partial charge in [0.15, 0.2) is 17.4 Å². The molecule has 2 aliphatic rings. The van der Waals surface area contributed by atoms with E-state index in [1.165, 1.54) is 7.11 Å². The van der Waals surface area contributed by atoms with Gasteiger partial charge in [-0.05, 0) is 36.4 Å². The van der Waals surface area contributed by atoms with Crippen molar-refractivity contribution in [1.82, 2.24) is 5.32 Å². The Balaban J connectivity index is 1.56. The molecule has 0 aliphatic carbocycles. The van der Waals surface area contributed by atoms with Crippen LogP contribution in [0.2, 0.25) is 0 Å². The van der Waals surface area contributed by atoms with Crippen molar-refractivity contribution in [2.24, 2.45) is 5.92 Å². The Morgan fingerprint density at radius 3 is 2.59 bits per heavy atom. The SMILES string of the molecule is C=C(Nc1ccc2c(c1)OCO2)[C@@H]1C(=O)NC(=O)N(c2ccc(OC)cc2)C1=O. The second kappa shape index (κ2) is 7.19. The van der Waals surface area contributed by atoms with Crippen molar-refractivity contribution in [2.75, 3.05) is 24.1 Å². The number of barbiturate groups is 1. The predicted molar refractivity (Wildman–Crippen MR) is 103 cm³/mol. The largest absolute Gasteiger partial charge is 0.497 e. The molecule has 2 N–H and O–H groups in total. The van der Waals surface area contributed by atoms with Crippen LogP contribution < -0.4 is 29.7 Å². The van der Waals surface area contributed by atoms with Crippen LogP contribution in [0.25, 0.3) is 0 Å². The number of urea groups is 1. The second-order valence-corrected chi connectivity index (χ2v) is 6.32. The summed E-state index contributed by atoms with van der Waals surface area (Å²) >= 11 is 0. The average molecular weight is 395 g/mol. The molecule has 9 nitrogen and oxygen atoms in total. The lowest BCUT2D eigenvalue weighted by Crippen LogP contribution is -2.59. The summed E-state index contributed by atoms with van der Waals surface area (Å²) in [5.74, 6) is -1.04. The molecule has 0 aromatic heterocycles. The van der Waals surface area contributed by atoms with Gasteiger partial charge in [0.1, 0.15) is 5.75 Å². The van der Waals surface area contributed by atoms with Crippen LogP contribution >= 0.6 is 0 Å². The van der Waals surface area contributed by atoms with E-state index in [4.69, 9.17) is 14.2 Å². The standard InChI is InChI=1S/C20H17N3O6/c1-11(21-12-3-8-15-16(9-12)29-10-28-15)17-18(24)22-20(26)23(19(17)25)13-4-6-14(27-2)7-5-13/h3-9,17,21H,1,10H2,2H3,(H,22,24,26)/t17-/m1/s1.